The number of benzene rings is 1. The van der Waals surface area contributed by atoms with E-state index in [0.29, 0.717) is 6.54 Å². The van der Waals surface area contributed by atoms with Gasteiger partial charge in [-0.25, -0.2) is 19.6 Å². The molecule has 0 bridgehead atoms. The van der Waals surface area contributed by atoms with Crippen molar-refractivity contribution in [3.05, 3.63) is 60.9 Å². The van der Waals surface area contributed by atoms with Gasteiger partial charge in [-0.2, -0.15) is 5.10 Å². The molecule has 3 aromatic heterocycles. The third-order valence-electron chi connectivity index (χ3n) is 3.91. The molecule has 24 heavy (non-hydrogen) atoms. The van der Waals surface area contributed by atoms with Crippen LogP contribution in [0.4, 0.5) is 5.82 Å². The van der Waals surface area contributed by atoms with E-state index in [1.54, 1.807) is 18.9 Å². The molecule has 0 amide bonds. The van der Waals surface area contributed by atoms with Crippen LogP contribution in [0.5, 0.6) is 0 Å². The maximum absolute atomic E-state index is 4.41. The molecule has 0 aliphatic carbocycles. The summed E-state index contributed by atoms with van der Waals surface area (Å²) in [6, 6.07) is 10.2. The Morgan fingerprint density at radius 2 is 1.96 bits per heavy atom. The molecule has 0 radical (unpaired) electrons. The highest BCUT2D eigenvalue weighted by atomic mass is 15.3. The molecular weight excluding hydrogens is 302 g/mol. The van der Waals surface area contributed by atoms with Crippen LogP contribution in [0, 0.1) is 0 Å². The minimum atomic E-state index is 0.671. The number of nitrogens with zero attached hydrogens (tertiary/aromatic N) is 6. The first-order chi connectivity index (χ1) is 11.8. The van der Waals surface area contributed by atoms with Crippen LogP contribution < -0.4 is 5.32 Å². The molecule has 0 unspecified atom stereocenters. The molecule has 1 N–H and O–H groups in total. The molecule has 0 saturated heterocycles. The molecule has 1 aromatic carbocycles. The molecule has 0 fully saturated rings. The summed E-state index contributed by atoms with van der Waals surface area (Å²) in [5.74, 6) is 0.753. The summed E-state index contributed by atoms with van der Waals surface area (Å²) in [5, 5.41) is 7.57. The monoisotopic (exact) mass is 319 g/mol. The van der Waals surface area contributed by atoms with Crippen LogP contribution in [0.25, 0.3) is 16.9 Å². The van der Waals surface area contributed by atoms with E-state index in [1.807, 2.05) is 33.6 Å². The van der Waals surface area contributed by atoms with Crippen molar-refractivity contribution in [2.75, 3.05) is 5.32 Å². The average Bonchev–Trinajstić information content (AvgIpc) is 3.30. The second-order valence-corrected chi connectivity index (χ2v) is 5.40. The Labute approximate surface area is 139 Å². The van der Waals surface area contributed by atoms with Gasteiger partial charge in [0.15, 0.2) is 11.5 Å². The fourth-order valence-electron chi connectivity index (χ4n) is 2.62. The number of nitrogens with one attached hydrogen (secondary N) is 1. The highest BCUT2D eigenvalue weighted by Crippen LogP contribution is 2.18. The minimum Gasteiger partial charge on any atom is -0.364 e. The van der Waals surface area contributed by atoms with Gasteiger partial charge in [0.25, 0.3) is 0 Å². The average molecular weight is 319 g/mol. The van der Waals surface area contributed by atoms with E-state index in [9.17, 15) is 0 Å². The summed E-state index contributed by atoms with van der Waals surface area (Å²) in [4.78, 5) is 13.0. The van der Waals surface area contributed by atoms with Crippen molar-refractivity contribution < 1.29 is 0 Å². The highest BCUT2D eigenvalue weighted by Gasteiger charge is 2.08. The van der Waals surface area contributed by atoms with Crippen molar-refractivity contribution in [1.29, 1.82) is 0 Å². The summed E-state index contributed by atoms with van der Waals surface area (Å²) >= 11 is 0. The molecule has 0 atom stereocenters. The third kappa shape index (κ3) is 2.60. The number of aryl methyl sites for hydroxylation is 1. The van der Waals surface area contributed by atoms with Gasteiger partial charge in [-0.05, 0) is 30.7 Å². The second-order valence-electron chi connectivity index (χ2n) is 5.40. The van der Waals surface area contributed by atoms with Gasteiger partial charge in [0.1, 0.15) is 11.8 Å². The van der Waals surface area contributed by atoms with Crippen LogP contribution in [0.2, 0.25) is 0 Å². The fraction of sp³-hybridized carbons (Fsp3) is 0.176. The lowest BCUT2D eigenvalue weighted by Crippen LogP contribution is -2.03. The molecule has 0 aliphatic rings. The number of rotatable bonds is 5. The Morgan fingerprint density at radius 3 is 2.71 bits per heavy atom. The molecule has 7 heteroatoms. The number of aromatic nitrogens is 6. The van der Waals surface area contributed by atoms with E-state index in [1.165, 1.54) is 0 Å². The molecule has 7 nitrogen and oxygen atoms in total. The van der Waals surface area contributed by atoms with E-state index in [2.05, 4.69) is 44.4 Å². The molecule has 0 aliphatic heterocycles. The topological polar surface area (TPSA) is 73.5 Å². The van der Waals surface area contributed by atoms with Crippen molar-refractivity contribution in [1.82, 2.24) is 29.3 Å². The molecule has 3 heterocycles. The smallest absolute Gasteiger partial charge is 0.165 e. The molecule has 4 aromatic rings. The Hall–Kier alpha value is -3.22. The van der Waals surface area contributed by atoms with Gasteiger partial charge in [0, 0.05) is 25.5 Å². The van der Waals surface area contributed by atoms with Gasteiger partial charge in [-0.1, -0.05) is 12.1 Å². The van der Waals surface area contributed by atoms with Crippen molar-refractivity contribution in [2.24, 2.45) is 0 Å². The van der Waals surface area contributed by atoms with Crippen molar-refractivity contribution >= 4 is 17.0 Å². The van der Waals surface area contributed by atoms with E-state index in [-0.39, 0.29) is 0 Å². The predicted octanol–water partition coefficient (Wildman–Crippen LogP) is 2.64. The third-order valence-corrected chi connectivity index (χ3v) is 3.91. The minimum absolute atomic E-state index is 0.671. The van der Waals surface area contributed by atoms with Gasteiger partial charge < -0.3 is 9.88 Å². The van der Waals surface area contributed by atoms with Gasteiger partial charge in [0.2, 0.25) is 0 Å². The molecule has 0 spiro atoms. The molecular formula is C17H17N7. The molecule has 120 valence electrons. The number of hydrogen-bond donors (Lipinski definition) is 1. The fourth-order valence-corrected chi connectivity index (χ4v) is 2.62. The van der Waals surface area contributed by atoms with Gasteiger partial charge >= 0.3 is 0 Å². The molecule has 0 saturated carbocycles. The number of imidazole rings is 1. The lowest BCUT2D eigenvalue weighted by Gasteiger charge is -2.07. The van der Waals surface area contributed by atoms with Crippen LogP contribution in [0.3, 0.4) is 0 Å². The van der Waals surface area contributed by atoms with Crippen molar-refractivity contribution in [3.63, 3.8) is 0 Å². The summed E-state index contributed by atoms with van der Waals surface area (Å²) in [5.41, 5.74) is 3.85. The van der Waals surface area contributed by atoms with Gasteiger partial charge in [-0.15, -0.1) is 0 Å². The zero-order valence-electron chi connectivity index (χ0n) is 13.3. The first-order valence-electron chi connectivity index (χ1n) is 7.84. The van der Waals surface area contributed by atoms with Gasteiger partial charge in [0.05, 0.1) is 12.0 Å². The number of anilines is 1. The number of hydrogen-bond acceptors (Lipinski definition) is 5. The highest BCUT2D eigenvalue weighted by molar-refractivity contribution is 5.82. The zero-order chi connectivity index (χ0) is 16.4. The Morgan fingerprint density at radius 1 is 1.08 bits per heavy atom. The van der Waals surface area contributed by atoms with E-state index in [4.69, 9.17) is 0 Å². The van der Waals surface area contributed by atoms with E-state index < -0.39 is 0 Å². The summed E-state index contributed by atoms with van der Waals surface area (Å²) in [6.07, 6.45) is 7.06. The summed E-state index contributed by atoms with van der Waals surface area (Å²) in [6.45, 7) is 3.57. The van der Waals surface area contributed by atoms with E-state index in [0.717, 1.165) is 34.8 Å². The zero-order valence-corrected chi connectivity index (χ0v) is 13.3. The van der Waals surface area contributed by atoms with Crippen LogP contribution >= 0.6 is 0 Å². The predicted molar refractivity (Wildman–Crippen MR) is 91.9 cm³/mol. The standard InChI is InChI=1S/C17H17N7/c1-2-23-12-21-15-16(19-11-20-17(15)23)18-10-13-4-6-14(7-5-13)24-9-3-8-22-24/h3-9,11-12H,2,10H2,1H3,(H,18,19,20). The quantitative estimate of drug-likeness (QED) is 0.612. The lowest BCUT2D eigenvalue weighted by atomic mass is 10.2. The largest absolute Gasteiger partial charge is 0.364 e. The van der Waals surface area contributed by atoms with E-state index >= 15 is 0 Å². The van der Waals surface area contributed by atoms with Crippen molar-refractivity contribution in [3.8, 4) is 5.69 Å². The van der Waals surface area contributed by atoms with Gasteiger partial charge in [-0.3, -0.25) is 0 Å². The van der Waals surface area contributed by atoms with Crippen LogP contribution in [0.15, 0.2) is 55.4 Å². The van der Waals surface area contributed by atoms with Crippen LogP contribution in [-0.4, -0.2) is 29.3 Å². The normalized spacial score (nSPS) is 11.0. The summed E-state index contributed by atoms with van der Waals surface area (Å²) in [7, 11) is 0. The number of fused-ring (bicyclic) bond motifs is 1. The Kier molecular flexibility index (Phi) is 3.66. The first-order valence-corrected chi connectivity index (χ1v) is 7.84. The molecule has 4 rings (SSSR count). The Bertz CT molecular complexity index is 939. The first kappa shape index (κ1) is 14.4. The lowest BCUT2D eigenvalue weighted by molar-refractivity contribution is 0.777. The second kappa shape index (κ2) is 6.11. The Balaban J connectivity index is 1.52. The van der Waals surface area contributed by atoms with Crippen LogP contribution in [0.1, 0.15) is 12.5 Å². The van der Waals surface area contributed by atoms with Crippen molar-refractivity contribution in [2.45, 2.75) is 20.0 Å². The summed E-state index contributed by atoms with van der Waals surface area (Å²) < 4.78 is 3.84. The maximum atomic E-state index is 4.41. The maximum Gasteiger partial charge on any atom is 0.165 e. The van der Waals surface area contributed by atoms with Crippen LogP contribution in [-0.2, 0) is 13.1 Å². The SMILES string of the molecule is CCn1cnc2c(NCc3ccc(-n4cccn4)cc3)ncnc21.